The lowest BCUT2D eigenvalue weighted by atomic mass is 10.0. The number of aliphatic carboxylic acids is 1. The van der Waals surface area contributed by atoms with Gasteiger partial charge in [0.05, 0.1) is 12.0 Å². The number of aryl methyl sites for hydroxylation is 1. The molecule has 0 saturated carbocycles. The van der Waals surface area contributed by atoms with Crippen molar-refractivity contribution >= 4 is 23.3 Å². The van der Waals surface area contributed by atoms with Crippen molar-refractivity contribution in [3.8, 4) is 0 Å². The SMILES string of the molecule is CCc1cnc(C(C)NC(=O)N2CC(C(=O)O)C2)s1. The van der Waals surface area contributed by atoms with Gasteiger partial charge in [0.25, 0.3) is 0 Å². The second-order valence-corrected chi connectivity index (χ2v) is 5.78. The molecule has 104 valence electrons. The molecule has 1 aromatic heterocycles. The maximum atomic E-state index is 11.9. The summed E-state index contributed by atoms with van der Waals surface area (Å²) in [6.45, 7) is 4.51. The standard InChI is InChI=1S/C12H17N3O3S/c1-3-9-4-13-10(19-9)7(2)14-12(18)15-5-8(6-15)11(16)17/h4,7-8H,3,5-6H2,1-2H3,(H,14,18)(H,16,17). The zero-order valence-corrected chi connectivity index (χ0v) is 11.7. The lowest BCUT2D eigenvalue weighted by Gasteiger charge is -2.37. The fraction of sp³-hybridized carbons (Fsp3) is 0.583. The van der Waals surface area contributed by atoms with Crippen molar-refractivity contribution in [2.45, 2.75) is 26.3 Å². The van der Waals surface area contributed by atoms with Crippen LogP contribution in [0.25, 0.3) is 0 Å². The average Bonchev–Trinajstić information content (AvgIpc) is 2.74. The van der Waals surface area contributed by atoms with Gasteiger partial charge in [0.1, 0.15) is 5.01 Å². The quantitative estimate of drug-likeness (QED) is 0.877. The first-order valence-corrected chi connectivity index (χ1v) is 7.05. The number of hydrogen-bond donors (Lipinski definition) is 2. The number of likely N-dealkylation sites (tertiary alicyclic amines) is 1. The van der Waals surface area contributed by atoms with Crippen molar-refractivity contribution in [3.05, 3.63) is 16.1 Å². The highest BCUT2D eigenvalue weighted by atomic mass is 32.1. The maximum absolute atomic E-state index is 11.9. The Kier molecular flexibility index (Phi) is 4.04. The lowest BCUT2D eigenvalue weighted by molar-refractivity contribution is -0.146. The summed E-state index contributed by atoms with van der Waals surface area (Å²) in [5, 5.41) is 12.5. The Balaban J connectivity index is 1.84. The van der Waals surface area contributed by atoms with Gasteiger partial charge in [-0.1, -0.05) is 6.92 Å². The highest BCUT2D eigenvalue weighted by molar-refractivity contribution is 7.11. The summed E-state index contributed by atoms with van der Waals surface area (Å²) in [5.74, 6) is -1.27. The molecule has 0 spiro atoms. The Morgan fingerprint density at radius 2 is 2.32 bits per heavy atom. The van der Waals surface area contributed by atoms with Gasteiger partial charge in [-0.2, -0.15) is 0 Å². The van der Waals surface area contributed by atoms with Gasteiger partial charge in [-0.05, 0) is 13.3 Å². The number of hydrogen-bond acceptors (Lipinski definition) is 4. The molecule has 0 aromatic carbocycles. The molecule has 2 rings (SSSR count). The minimum absolute atomic E-state index is 0.151. The summed E-state index contributed by atoms with van der Waals surface area (Å²) in [5.41, 5.74) is 0. The van der Waals surface area contributed by atoms with Crippen LogP contribution < -0.4 is 5.32 Å². The number of carbonyl (C=O) groups excluding carboxylic acids is 1. The fourth-order valence-electron chi connectivity index (χ4n) is 1.83. The molecule has 1 fully saturated rings. The van der Waals surface area contributed by atoms with Crippen LogP contribution in [0.5, 0.6) is 0 Å². The number of nitrogens with one attached hydrogen (secondary N) is 1. The Hall–Kier alpha value is -1.63. The van der Waals surface area contributed by atoms with E-state index in [1.54, 1.807) is 11.3 Å². The minimum atomic E-state index is -0.843. The summed E-state index contributed by atoms with van der Waals surface area (Å²) >= 11 is 1.59. The van der Waals surface area contributed by atoms with E-state index in [1.807, 2.05) is 13.1 Å². The van der Waals surface area contributed by atoms with Crippen molar-refractivity contribution < 1.29 is 14.7 Å². The highest BCUT2D eigenvalue weighted by Gasteiger charge is 2.36. The number of carboxylic acid groups (broad SMARTS) is 1. The third-order valence-electron chi connectivity index (χ3n) is 3.15. The van der Waals surface area contributed by atoms with Crippen molar-refractivity contribution in [3.63, 3.8) is 0 Å². The molecule has 1 saturated heterocycles. The summed E-state index contributed by atoms with van der Waals surface area (Å²) < 4.78 is 0. The molecule has 2 amide bonds. The van der Waals surface area contributed by atoms with E-state index < -0.39 is 11.9 Å². The number of amides is 2. The van der Waals surface area contributed by atoms with E-state index >= 15 is 0 Å². The number of rotatable bonds is 4. The van der Waals surface area contributed by atoms with Crippen LogP contribution in [0.2, 0.25) is 0 Å². The highest BCUT2D eigenvalue weighted by Crippen LogP contribution is 2.21. The summed E-state index contributed by atoms with van der Waals surface area (Å²) in [7, 11) is 0. The molecule has 1 unspecified atom stereocenters. The topological polar surface area (TPSA) is 82.5 Å². The first-order valence-electron chi connectivity index (χ1n) is 6.24. The molecule has 1 atom stereocenters. The molecule has 2 N–H and O–H groups in total. The van der Waals surface area contributed by atoms with Crippen LogP contribution in [-0.2, 0) is 11.2 Å². The van der Waals surface area contributed by atoms with Crippen LogP contribution in [0.3, 0.4) is 0 Å². The van der Waals surface area contributed by atoms with Crippen molar-refractivity contribution in [2.75, 3.05) is 13.1 Å². The van der Waals surface area contributed by atoms with Gasteiger partial charge < -0.3 is 15.3 Å². The van der Waals surface area contributed by atoms with Crippen molar-refractivity contribution in [1.29, 1.82) is 0 Å². The average molecular weight is 283 g/mol. The molecule has 1 aliphatic rings. The molecule has 1 aliphatic heterocycles. The van der Waals surface area contributed by atoms with E-state index in [2.05, 4.69) is 17.2 Å². The molecular formula is C12H17N3O3S. The molecule has 19 heavy (non-hydrogen) atoms. The molecule has 2 heterocycles. The Morgan fingerprint density at radius 3 is 2.84 bits per heavy atom. The van der Waals surface area contributed by atoms with Crippen LogP contribution in [0.1, 0.15) is 29.8 Å². The molecule has 1 aromatic rings. The number of thiazole rings is 1. The van der Waals surface area contributed by atoms with Gasteiger partial charge in [-0.25, -0.2) is 9.78 Å². The van der Waals surface area contributed by atoms with Gasteiger partial charge in [-0.3, -0.25) is 4.79 Å². The molecule has 0 bridgehead atoms. The minimum Gasteiger partial charge on any atom is -0.481 e. The van der Waals surface area contributed by atoms with E-state index in [4.69, 9.17) is 5.11 Å². The normalized spacial score (nSPS) is 16.8. The van der Waals surface area contributed by atoms with Gasteiger partial charge in [0, 0.05) is 24.2 Å². The molecular weight excluding hydrogens is 266 g/mol. The molecule has 6 nitrogen and oxygen atoms in total. The van der Waals surface area contributed by atoms with E-state index in [0.717, 1.165) is 11.4 Å². The van der Waals surface area contributed by atoms with Crippen molar-refractivity contribution in [1.82, 2.24) is 15.2 Å². The van der Waals surface area contributed by atoms with E-state index in [1.165, 1.54) is 9.78 Å². The second-order valence-electron chi connectivity index (χ2n) is 4.63. The zero-order chi connectivity index (χ0) is 14.0. The predicted octanol–water partition coefficient (Wildman–Crippen LogP) is 1.49. The van der Waals surface area contributed by atoms with Crippen LogP contribution in [-0.4, -0.2) is 40.1 Å². The smallest absolute Gasteiger partial charge is 0.318 e. The number of urea groups is 1. The Bertz CT molecular complexity index is 482. The summed E-state index contributed by atoms with van der Waals surface area (Å²) in [6, 6.07) is -0.375. The van der Waals surface area contributed by atoms with Crippen LogP contribution in [0.4, 0.5) is 4.79 Å². The van der Waals surface area contributed by atoms with Gasteiger partial charge >= 0.3 is 12.0 Å². The van der Waals surface area contributed by atoms with Gasteiger partial charge in [-0.15, -0.1) is 11.3 Å². The van der Waals surface area contributed by atoms with E-state index in [-0.39, 0.29) is 25.2 Å². The fourth-order valence-corrected chi connectivity index (χ4v) is 2.68. The Morgan fingerprint density at radius 1 is 1.63 bits per heavy atom. The third kappa shape index (κ3) is 3.04. The number of aromatic nitrogens is 1. The van der Waals surface area contributed by atoms with E-state index in [9.17, 15) is 9.59 Å². The molecule has 0 radical (unpaired) electrons. The Labute approximate surface area is 115 Å². The number of carboxylic acids is 1. The van der Waals surface area contributed by atoms with Crippen molar-refractivity contribution in [2.24, 2.45) is 5.92 Å². The summed E-state index contributed by atoms with van der Waals surface area (Å²) in [6.07, 6.45) is 2.76. The number of carbonyl (C=O) groups is 2. The largest absolute Gasteiger partial charge is 0.481 e. The van der Waals surface area contributed by atoms with Crippen LogP contribution in [0, 0.1) is 5.92 Å². The third-order valence-corrected chi connectivity index (χ3v) is 4.47. The van der Waals surface area contributed by atoms with E-state index in [0.29, 0.717) is 0 Å². The van der Waals surface area contributed by atoms with Crippen LogP contribution >= 0.6 is 11.3 Å². The zero-order valence-electron chi connectivity index (χ0n) is 10.9. The van der Waals surface area contributed by atoms with Gasteiger partial charge in [0.2, 0.25) is 0 Å². The lowest BCUT2D eigenvalue weighted by Crippen LogP contribution is -2.56. The summed E-state index contributed by atoms with van der Waals surface area (Å²) in [4.78, 5) is 29.5. The monoisotopic (exact) mass is 283 g/mol. The second kappa shape index (κ2) is 5.56. The number of nitrogens with zero attached hydrogens (tertiary/aromatic N) is 2. The maximum Gasteiger partial charge on any atom is 0.318 e. The molecule has 7 heteroatoms. The van der Waals surface area contributed by atoms with Gasteiger partial charge in [0.15, 0.2) is 0 Å². The predicted molar refractivity (Wildman–Crippen MR) is 71.1 cm³/mol. The first kappa shape index (κ1) is 13.8. The first-order chi connectivity index (χ1) is 9.01. The molecule has 0 aliphatic carbocycles. The van der Waals surface area contributed by atoms with Crippen LogP contribution in [0.15, 0.2) is 6.20 Å².